The number of halogens is 3. The summed E-state index contributed by atoms with van der Waals surface area (Å²) in [7, 11) is 0. The molecule has 1 unspecified atom stereocenters. The third kappa shape index (κ3) is 4.66. The predicted molar refractivity (Wildman–Crippen MR) is 87.7 cm³/mol. The van der Waals surface area contributed by atoms with E-state index in [1.165, 1.54) is 4.90 Å². The lowest BCUT2D eigenvalue weighted by molar-refractivity contribution is 0.0502. The maximum absolute atomic E-state index is 13.8. The number of carbonyl (C=O) groups excluding carboxylic acids is 2. The van der Waals surface area contributed by atoms with Crippen molar-refractivity contribution in [2.75, 3.05) is 13.1 Å². The Hall–Kier alpha value is -1.70. The van der Waals surface area contributed by atoms with Crippen molar-refractivity contribution < 1.29 is 23.1 Å². The molecule has 5 nitrogen and oxygen atoms in total. The molecule has 1 aromatic rings. The van der Waals surface area contributed by atoms with Gasteiger partial charge in [-0.1, -0.05) is 0 Å². The van der Waals surface area contributed by atoms with E-state index in [1.54, 1.807) is 20.8 Å². The fraction of sp³-hybridized carbons (Fsp3) is 0.500. The van der Waals surface area contributed by atoms with Crippen LogP contribution in [0.15, 0.2) is 16.6 Å². The van der Waals surface area contributed by atoms with Gasteiger partial charge in [0.25, 0.3) is 5.91 Å². The first-order valence-electron chi connectivity index (χ1n) is 7.50. The molecule has 24 heavy (non-hydrogen) atoms. The molecule has 1 fully saturated rings. The van der Waals surface area contributed by atoms with Crippen LogP contribution < -0.4 is 5.32 Å². The number of hydrogen-bond donors (Lipinski definition) is 1. The van der Waals surface area contributed by atoms with Crippen LogP contribution >= 0.6 is 15.9 Å². The Morgan fingerprint density at radius 2 is 1.96 bits per heavy atom. The second-order valence-corrected chi connectivity index (χ2v) is 7.48. The molecule has 1 aliphatic heterocycles. The first kappa shape index (κ1) is 18.6. The highest BCUT2D eigenvalue weighted by Gasteiger charge is 2.30. The molecule has 0 saturated carbocycles. The second-order valence-electron chi connectivity index (χ2n) is 6.63. The van der Waals surface area contributed by atoms with E-state index in [0.717, 1.165) is 6.07 Å². The lowest BCUT2D eigenvalue weighted by Crippen LogP contribution is -2.41. The van der Waals surface area contributed by atoms with E-state index in [-0.39, 0.29) is 22.6 Å². The molecule has 0 radical (unpaired) electrons. The average Bonchev–Trinajstić information content (AvgIpc) is 2.88. The molecule has 2 amide bonds. The number of ether oxygens (including phenoxy) is 1. The van der Waals surface area contributed by atoms with Gasteiger partial charge in [0.05, 0.1) is 16.1 Å². The van der Waals surface area contributed by atoms with Gasteiger partial charge >= 0.3 is 6.09 Å². The van der Waals surface area contributed by atoms with Gasteiger partial charge < -0.3 is 15.0 Å². The van der Waals surface area contributed by atoms with E-state index in [2.05, 4.69) is 21.2 Å². The van der Waals surface area contributed by atoms with Gasteiger partial charge in [0.1, 0.15) is 17.2 Å². The fourth-order valence-corrected chi connectivity index (χ4v) is 2.74. The molecule has 0 bridgehead atoms. The summed E-state index contributed by atoms with van der Waals surface area (Å²) in [5, 5.41) is 2.69. The lowest BCUT2D eigenvalue weighted by Gasteiger charge is -2.22. The minimum atomic E-state index is -0.913. The molecule has 1 aromatic carbocycles. The summed E-state index contributed by atoms with van der Waals surface area (Å²) >= 11 is 2.94. The number of nitrogens with one attached hydrogen (secondary N) is 1. The molecule has 132 valence electrons. The van der Waals surface area contributed by atoms with E-state index in [1.807, 2.05) is 0 Å². The molecule has 0 spiro atoms. The number of benzene rings is 1. The number of nitrogens with zero attached hydrogens (tertiary/aromatic N) is 1. The van der Waals surface area contributed by atoms with Gasteiger partial charge in [0.15, 0.2) is 0 Å². The normalized spacial score (nSPS) is 17.8. The van der Waals surface area contributed by atoms with Gasteiger partial charge in [-0.3, -0.25) is 4.79 Å². The predicted octanol–water partition coefficient (Wildman–Crippen LogP) is 3.47. The number of carbonyl (C=O) groups is 2. The third-order valence-electron chi connectivity index (χ3n) is 3.44. The van der Waals surface area contributed by atoms with Crippen molar-refractivity contribution in [2.45, 2.75) is 38.8 Å². The van der Waals surface area contributed by atoms with Crippen LogP contribution in [0.3, 0.4) is 0 Å². The minimum absolute atomic E-state index is 0.0230. The first-order valence-corrected chi connectivity index (χ1v) is 8.29. The molecule has 1 aliphatic rings. The summed E-state index contributed by atoms with van der Waals surface area (Å²) < 4.78 is 32.3. The fourth-order valence-electron chi connectivity index (χ4n) is 2.39. The molecule has 8 heteroatoms. The van der Waals surface area contributed by atoms with Gasteiger partial charge in [0.2, 0.25) is 0 Å². The number of rotatable bonds is 2. The summed E-state index contributed by atoms with van der Waals surface area (Å²) in [6.07, 6.45) is -0.0212. The van der Waals surface area contributed by atoms with Crippen molar-refractivity contribution in [2.24, 2.45) is 0 Å². The molecular formula is C16H19BrF2N2O3. The van der Waals surface area contributed by atoms with Gasteiger partial charge in [-0.25, -0.2) is 13.6 Å². The van der Waals surface area contributed by atoms with Crippen LogP contribution in [0, 0.1) is 11.6 Å². The van der Waals surface area contributed by atoms with Crippen LogP contribution in [0.5, 0.6) is 0 Å². The first-order chi connectivity index (χ1) is 11.1. The molecule has 2 rings (SSSR count). The Kier molecular flexibility index (Phi) is 5.47. The quantitative estimate of drug-likeness (QED) is 0.767. The molecular weight excluding hydrogens is 386 g/mol. The summed E-state index contributed by atoms with van der Waals surface area (Å²) in [5.74, 6) is -2.22. The van der Waals surface area contributed by atoms with Crippen molar-refractivity contribution in [3.8, 4) is 0 Å². The van der Waals surface area contributed by atoms with E-state index in [9.17, 15) is 18.4 Å². The van der Waals surface area contributed by atoms with Gasteiger partial charge in [0, 0.05) is 19.2 Å². The highest BCUT2D eigenvalue weighted by atomic mass is 79.9. The minimum Gasteiger partial charge on any atom is -0.444 e. The zero-order valence-corrected chi connectivity index (χ0v) is 15.2. The summed E-state index contributed by atoms with van der Waals surface area (Å²) in [4.78, 5) is 25.6. The van der Waals surface area contributed by atoms with Crippen LogP contribution in [0.1, 0.15) is 37.6 Å². The molecule has 0 aromatic heterocycles. The van der Waals surface area contributed by atoms with Crippen molar-refractivity contribution in [1.82, 2.24) is 10.2 Å². The molecule has 0 aliphatic carbocycles. The number of hydrogen-bond acceptors (Lipinski definition) is 3. The molecule has 1 atom stereocenters. The maximum Gasteiger partial charge on any atom is 0.407 e. The lowest BCUT2D eigenvalue weighted by atomic mass is 10.2. The number of likely N-dealkylation sites (tertiary alicyclic amines) is 1. The van der Waals surface area contributed by atoms with E-state index in [0.29, 0.717) is 19.0 Å². The van der Waals surface area contributed by atoms with Crippen molar-refractivity contribution in [3.63, 3.8) is 0 Å². The highest BCUT2D eigenvalue weighted by Crippen LogP contribution is 2.23. The Balaban J connectivity index is 1.99. The van der Waals surface area contributed by atoms with Gasteiger partial charge in [-0.05, 0) is 49.2 Å². The van der Waals surface area contributed by atoms with Crippen LogP contribution in [0.25, 0.3) is 0 Å². The Bertz CT molecular complexity index is 661. The zero-order valence-electron chi connectivity index (χ0n) is 13.7. The number of alkyl carbamates (subject to hydrolysis) is 1. The van der Waals surface area contributed by atoms with Gasteiger partial charge in [-0.15, -0.1) is 0 Å². The Morgan fingerprint density at radius 3 is 2.58 bits per heavy atom. The van der Waals surface area contributed by atoms with Crippen molar-refractivity contribution in [1.29, 1.82) is 0 Å². The summed E-state index contributed by atoms with van der Waals surface area (Å²) in [6, 6.07) is 1.53. The second kappa shape index (κ2) is 7.04. The standard InChI is InChI=1S/C16H19BrF2N2O3/c1-16(2,3)24-15(23)20-9-4-5-21(8-9)14(22)10-6-11(17)13(19)7-12(10)18/h6-7,9H,4-5,8H2,1-3H3,(H,20,23). The smallest absolute Gasteiger partial charge is 0.407 e. The molecule has 1 N–H and O–H groups in total. The SMILES string of the molecule is CC(C)(C)OC(=O)NC1CCN(C(=O)c2cc(Br)c(F)cc2F)C1. The Labute approximate surface area is 147 Å². The Morgan fingerprint density at radius 1 is 1.29 bits per heavy atom. The van der Waals surface area contributed by atoms with E-state index >= 15 is 0 Å². The third-order valence-corrected chi connectivity index (χ3v) is 4.04. The number of amides is 2. The van der Waals surface area contributed by atoms with Crippen LogP contribution in [0.4, 0.5) is 13.6 Å². The zero-order chi connectivity index (χ0) is 18.1. The van der Waals surface area contributed by atoms with Crippen LogP contribution in [0.2, 0.25) is 0 Å². The van der Waals surface area contributed by atoms with Gasteiger partial charge in [-0.2, -0.15) is 0 Å². The molecule has 1 heterocycles. The van der Waals surface area contributed by atoms with Crippen LogP contribution in [-0.2, 0) is 4.74 Å². The monoisotopic (exact) mass is 404 g/mol. The summed E-state index contributed by atoms with van der Waals surface area (Å²) in [6.45, 7) is 5.88. The van der Waals surface area contributed by atoms with E-state index in [4.69, 9.17) is 4.74 Å². The van der Waals surface area contributed by atoms with Crippen molar-refractivity contribution in [3.05, 3.63) is 33.8 Å². The maximum atomic E-state index is 13.8. The molecule has 1 saturated heterocycles. The largest absolute Gasteiger partial charge is 0.444 e. The van der Waals surface area contributed by atoms with Crippen molar-refractivity contribution >= 4 is 27.9 Å². The topological polar surface area (TPSA) is 58.6 Å². The highest BCUT2D eigenvalue weighted by molar-refractivity contribution is 9.10. The van der Waals surface area contributed by atoms with Crippen LogP contribution in [-0.4, -0.2) is 41.6 Å². The van der Waals surface area contributed by atoms with E-state index < -0.39 is 29.2 Å². The summed E-state index contributed by atoms with van der Waals surface area (Å²) in [5.41, 5.74) is -0.817. The average molecular weight is 405 g/mol.